The molecule has 0 radical (unpaired) electrons. The summed E-state index contributed by atoms with van der Waals surface area (Å²) in [6, 6.07) is 8.84. The normalized spacial score (nSPS) is 25.2. The van der Waals surface area contributed by atoms with Crippen LogP contribution < -0.4 is 9.64 Å². The summed E-state index contributed by atoms with van der Waals surface area (Å²) < 4.78 is 5.19. The van der Waals surface area contributed by atoms with Crippen molar-refractivity contribution in [3.8, 4) is 5.75 Å². The van der Waals surface area contributed by atoms with Crippen molar-refractivity contribution in [1.29, 1.82) is 0 Å². The predicted octanol–water partition coefficient (Wildman–Crippen LogP) is 1.59. The van der Waals surface area contributed by atoms with E-state index in [1.165, 1.54) is 5.69 Å². The number of benzene rings is 1. The summed E-state index contributed by atoms with van der Waals surface area (Å²) in [6.45, 7) is 4.31. The van der Waals surface area contributed by atoms with Gasteiger partial charge in [-0.25, -0.2) is 0 Å². The molecule has 2 atom stereocenters. The molecule has 2 unspecified atom stereocenters. The number of aliphatic hydroxyl groups excluding tert-OH is 1. The van der Waals surface area contributed by atoms with Crippen LogP contribution >= 0.6 is 0 Å². The van der Waals surface area contributed by atoms with Gasteiger partial charge in [0.25, 0.3) is 0 Å². The van der Waals surface area contributed by atoms with Crippen LogP contribution in [0.4, 0.5) is 5.69 Å². The Bertz CT molecular complexity index is 394. The summed E-state index contributed by atoms with van der Waals surface area (Å²) in [5, 5.41) is 9.56. The number of likely N-dealkylation sites (N-methyl/N-ethyl adjacent to an activating group) is 1. The van der Waals surface area contributed by atoms with E-state index in [1.807, 2.05) is 12.1 Å². The molecule has 2 rings (SSSR count). The van der Waals surface area contributed by atoms with Crippen LogP contribution in [0.5, 0.6) is 5.75 Å². The van der Waals surface area contributed by atoms with Gasteiger partial charge >= 0.3 is 0 Å². The van der Waals surface area contributed by atoms with E-state index in [-0.39, 0.29) is 12.6 Å². The summed E-state index contributed by atoms with van der Waals surface area (Å²) >= 11 is 0. The Morgan fingerprint density at radius 2 is 2.00 bits per heavy atom. The zero-order valence-electron chi connectivity index (χ0n) is 12.0. The molecule has 0 spiro atoms. The summed E-state index contributed by atoms with van der Waals surface area (Å²) in [6.07, 6.45) is 1.11. The highest BCUT2D eigenvalue weighted by molar-refractivity contribution is 5.49. The van der Waals surface area contributed by atoms with Gasteiger partial charge in [-0.3, -0.25) is 4.90 Å². The van der Waals surface area contributed by atoms with Gasteiger partial charge in [0.2, 0.25) is 0 Å². The van der Waals surface area contributed by atoms with E-state index < -0.39 is 0 Å². The molecule has 4 heteroatoms. The summed E-state index contributed by atoms with van der Waals surface area (Å²) in [5.74, 6) is 0.878. The van der Waals surface area contributed by atoms with Gasteiger partial charge in [-0.15, -0.1) is 0 Å². The van der Waals surface area contributed by atoms with Crippen LogP contribution in [0, 0.1) is 0 Å². The van der Waals surface area contributed by atoms with E-state index in [2.05, 4.69) is 35.9 Å². The third kappa shape index (κ3) is 3.19. The molecule has 1 heterocycles. The molecular weight excluding hydrogens is 240 g/mol. The average Bonchev–Trinajstić information content (AvgIpc) is 2.60. The standard InChI is InChI=1S/C15H24N2O2/c1-12-8-9-17(10-14(11-18)16(12)2)13-4-6-15(19-3)7-5-13/h4-7,12,14,18H,8-11H2,1-3H3. The Hall–Kier alpha value is -1.26. The minimum atomic E-state index is 0.194. The summed E-state index contributed by atoms with van der Waals surface area (Å²) in [7, 11) is 3.78. The molecule has 4 nitrogen and oxygen atoms in total. The highest BCUT2D eigenvalue weighted by atomic mass is 16.5. The first kappa shape index (κ1) is 14.2. The molecule has 0 saturated carbocycles. The molecule has 1 fully saturated rings. The fraction of sp³-hybridized carbons (Fsp3) is 0.600. The fourth-order valence-corrected chi connectivity index (χ4v) is 2.59. The molecule has 0 aromatic heterocycles. The topological polar surface area (TPSA) is 35.9 Å². The number of hydrogen-bond acceptors (Lipinski definition) is 4. The molecule has 0 aliphatic carbocycles. The zero-order chi connectivity index (χ0) is 13.8. The van der Waals surface area contributed by atoms with Crippen molar-refractivity contribution < 1.29 is 9.84 Å². The number of ether oxygens (including phenoxy) is 1. The second-order valence-corrected chi connectivity index (χ2v) is 5.28. The average molecular weight is 264 g/mol. The molecule has 1 N–H and O–H groups in total. The molecular formula is C15H24N2O2. The summed E-state index contributed by atoms with van der Waals surface area (Å²) in [4.78, 5) is 4.63. The molecule has 0 bridgehead atoms. The van der Waals surface area contributed by atoms with E-state index in [9.17, 15) is 5.11 Å². The van der Waals surface area contributed by atoms with Crippen molar-refractivity contribution in [2.24, 2.45) is 0 Å². The van der Waals surface area contributed by atoms with Crippen molar-refractivity contribution in [2.75, 3.05) is 38.8 Å². The van der Waals surface area contributed by atoms with Gasteiger partial charge in [0.15, 0.2) is 0 Å². The Morgan fingerprint density at radius 1 is 1.32 bits per heavy atom. The number of rotatable bonds is 3. The van der Waals surface area contributed by atoms with Crippen LogP contribution in [-0.4, -0.2) is 55.9 Å². The van der Waals surface area contributed by atoms with Crippen LogP contribution in [-0.2, 0) is 0 Å². The number of methoxy groups -OCH3 is 1. The van der Waals surface area contributed by atoms with Crippen LogP contribution in [0.3, 0.4) is 0 Å². The van der Waals surface area contributed by atoms with Crippen LogP contribution in [0.1, 0.15) is 13.3 Å². The lowest BCUT2D eigenvalue weighted by atomic mass is 10.2. The van der Waals surface area contributed by atoms with Gasteiger partial charge in [-0.1, -0.05) is 0 Å². The third-order valence-corrected chi connectivity index (χ3v) is 4.17. The minimum absolute atomic E-state index is 0.194. The SMILES string of the molecule is COc1ccc(N2CCC(C)N(C)C(CO)C2)cc1. The molecule has 0 amide bonds. The van der Waals surface area contributed by atoms with Crippen molar-refractivity contribution in [2.45, 2.75) is 25.4 Å². The van der Waals surface area contributed by atoms with E-state index >= 15 is 0 Å². The van der Waals surface area contributed by atoms with Gasteiger partial charge in [-0.2, -0.15) is 0 Å². The zero-order valence-corrected chi connectivity index (χ0v) is 12.0. The minimum Gasteiger partial charge on any atom is -0.497 e. The number of hydrogen-bond donors (Lipinski definition) is 1. The highest BCUT2D eigenvalue weighted by Crippen LogP contribution is 2.23. The van der Waals surface area contributed by atoms with Gasteiger partial charge in [0.05, 0.1) is 19.8 Å². The van der Waals surface area contributed by atoms with Crippen molar-refractivity contribution in [1.82, 2.24) is 4.90 Å². The molecule has 1 aliphatic rings. The second kappa shape index (κ2) is 6.26. The van der Waals surface area contributed by atoms with Crippen molar-refractivity contribution in [3.05, 3.63) is 24.3 Å². The van der Waals surface area contributed by atoms with Crippen LogP contribution in [0.15, 0.2) is 24.3 Å². The van der Waals surface area contributed by atoms with E-state index in [4.69, 9.17) is 4.74 Å². The smallest absolute Gasteiger partial charge is 0.119 e. The van der Waals surface area contributed by atoms with Gasteiger partial charge < -0.3 is 14.7 Å². The number of anilines is 1. The highest BCUT2D eigenvalue weighted by Gasteiger charge is 2.26. The number of aliphatic hydroxyl groups is 1. The van der Waals surface area contributed by atoms with Gasteiger partial charge in [0, 0.05) is 24.8 Å². The maximum atomic E-state index is 9.56. The lowest BCUT2D eigenvalue weighted by molar-refractivity contribution is 0.127. The lowest BCUT2D eigenvalue weighted by Gasteiger charge is -2.30. The predicted molar refractivity (Wildman–Crippen MR) is 77.9 cm³/mol. The first-order chi connectivity index (χ1) is 9.15. The van der Waals surface area contributed by atoms with Crippen molar-refractivity contribution >= 4 is 5.69 Å². The molecule has 1 aromatic carbocycles. The van der Waals surface area contributed by atoms with Crippen molar-refractivity contribution in [3.63, 3.8) is 0 Å². The summed E-state index contributed by atoms with van der Waals surface area (Å²) in [5.41, 5.74) is 1.20. The Balaban J connectivity index is 2.14. The fourth-order valence-electron chi connectivity index (χ4n) is 2.59. The monoisotopic (exact) mass is 264 g/mol. The van der Waals surface area contributed by atoms with E-state index in [0.717, 1.165) is 25.3 Å². The maximum absolute atomic E-state index is 9.56. The van der Waals surface area contributed by atoms with Gasteiger partial charge in [0.1, 0.15) is 5.75 Å². The number of nitrogens with zero attached hydrogens (tertiary/aromatic N) is 2. The van der Waals surface area contributed by atoms with Gasteiger partial charge in [-0.05, 0) is 44.7 Å². The third-order valence-electron chi connectivity index (χ3n) is 4.17. The maximum Gasteiger partial charge on any atom is 0.119 e. The quantitative estimate of drug-likeness (QED) is 0.899. The first-order valence-electron chi connectivity index (χ1n) is 6.87. The largest absolute Gasteiger partial charge is 0.497 e. The van der Waals surface area contributed by atoms with E-state index in [0.29, 0.717) is 6.04 Å². The second-order valence-electron chi connectivity index (χ2n) is 5.28. The Morgan fingerprint density at radius 3 is 2.58 bits per heavy atom. The molecule has 1 aromatic rings. The van der Waals surface area contributed by atoms with Crippen LogP contribution in [0.2, 0.25) is 0 Å². The van der Waals surface area contributed by atoms with Crippen LogP contribution in [0.25, 0.3) is 0 Å². The van der Waals surface area contributed by atoms with E-state index in [1.54, 1.807) is 7.11 Å². The Kier molecular flexibility index (Phi) is 4.66. The molecule has 106 valence electrons. The molecule has 19 heavy (non-hydrogen) atoms. The Labute approximate surface area is 115 Å². The molecule has 1 saturated heterocycles. The first-order valence-corrected chi connectivity index (χ1v) is 6.87. The molecule has 1 aliphatic heterocycles. The lowest BCUT2D eigenvalue weighted by Crippen LogP contribution is -2.44.